The van der Waals surface area contributed by atoms with Gasteiger partial charge in [0.05, 0.1) is 5.69 Å². The minimum atomic E-state index is -0.941. The van der Waals surface area contributed by atoms with Gasteiger partial charge in [-0.3, -0.25) is 9.19 Å². The van der Waals surface area contributed by atoms with Gasteiger partial charge in [-0.1, -0.05) is 18.2 Å². The van der Waals surface area contributed by atoms with Crippen LogP contribution in [0.1, 0.15) is 0 Å². The second-order valence-electron chi connectivity index (χ2n) is 3.20. The Hall–Kier alpha value is -1.48. The molecule has 76 valence electrons. The Labute approximate surface area is 91.4 Å². The molecule has 15 heavy (non-hydrogen) atoms. The lowest BCUT2D eigenvalue weighted by molar-refractivity contribution is 0.687. The van der Waals surface area contributed by atoms with Crippen molar-refractivity contribution < 1.29 is 4.21 Å². The highest BCUT2D eigenvalue weighted by Gasteiger charge is 2.01. The van der Waals surface area contributed by atoms with E-state index < -0.39 is 10.8 Å². The molecule has 0 aliphatic carbocycles. The standard InChI is InChI=1S/C12H11NOS/c1-15(14)11-6-4-5-10(9-11)12-7-2-3-8-13-12/h2-9H,1H3. The van der Waals surface area contributed by atoms with Crippen molar-refractivity contribution >= 4 is 10.8 Å². The lowest BCUT2D eigenvalue weighted by atomic mass is 10.1. The van der Waals surface area contributed by atoms with Gasteiger partial charge in [0, 0.05) is 33.7 Å². The van der Waals surface area contributed by atoms with Crippen LogP contribution >= 0.6 is 0 Å². The molecule has 0 radical (unpaired) electrons. The van der Waals surface area contributed by atoms with Crippen LogP contribution in [0.15, 0.2) is 53.6 Å². The Bertz CT molecular complexity index is 482. The molecule has 1 atom stereocenters. The molecule has 2 rings (SSSR count). The van der Waals surface area contributed by atoms with Crippen molar-refractivity contribution in [3.8, 4) is 11.3 Å². The van der Waals surface area contributed by atoms with Gasteiger partial charge in [-0.15, -0.1) is 0 Å². The minimum absolute atomic E-state index is 0.832. The monoisotopic (exact) mass is 217 g/mol. The fourth-order valence-electron chi connectivity index (χ4n) is 1.37. The molecule has 0 N–H and O–H groups in total. The Morgan fingerprint density at radius 3 is 2.67 bits per heavy atom. The van der Waals surface area contributed by atoms with Crippen LogP contribution in [-0.4, -0.2) is 15.4 Å². The van der Waals surface area contributed by atoms with Crippen molar-refractivity contribution in [1.82, 2.24) is 4.98 Å². The van der Waals surface area contributed by atoms with Crippen LogP contribution in [0.2, 0.25) is 0 Å². The van der Waals surface area contributed by atoms with E-state index in [4.69, 9.17) is 0 Å². The molecule has 0 bridgehead atoms. The molecule has 0 fully saturated rings. The number of hydrogen-bond donors (Lipinski definition) is 0. The quantitative estimate of drug-likeness (QED) is 0.773. The number of nitrogens with zero attached hydrogens (tertiary/aromatic N) is 1. The zero-order chi connectivity index (χ0) is 10.7. The van der Waals surface area contributed by atoms with Gasteiger partial charge in [-0.2, -0.15) is 0 Å². The molecule has 0 saturated carbocycles. The zero-order valence-electron chi connectivity index (χ0n) is 8.38. The molecule has 0 spiro atoms. The molecule has 1 aromatic carbocycles. The number of rotatable bonds is 2. The number of hydrogen-bond acceptors (Lipinski definition) is 2. The van der Waals surface area contributed by atoms with Crippen LogP contribution in [0.5, 0.6) is 0 Å². The topological polar surface area (TPSA) is 30.0 Å². The highest BCUT2D eigenvalue weighted by molar-refractivity contribution is 7.84. The third-order valence-electron chi connectivity index (χ3n) is 2.13. The minimum Gasteiger partial charge on any atom is -0.256 e. The summed E-state index contributed by atoms with van der Waals surface area (Å²) in [5, 5.41) is 0. The van der Waals surface area contributed by atoms with Gasteiger partial charge in [0.2, 0.25) is 0 Å². The van der Waals surface area contributed by atoms with Crippen molar-refractivity contribution in [3.05, 3.63) is 48.7 Å². The maximum absolute atomic E-state index is 11.3. The van der Waals surface area contributed by atoms with E-state index in [2.05, 4.69) is 4.98 Å². The van der Waals surface area contributed by atoms with E-state index >= 15 is 0 Å². The zero-order valence-corrected chi connectivity index (χ0v) is 9.20. The van der Waals surface area contributed by atoms with E-state index in [0.29, 0.717) is 0 Å². The SMILES string of the molecule is CS(=O)c1cccc(-c2ccccn2)c1. The fraction of sp³-hybridized carbons (Fsp3) is 0.0833. The molecule has 0 amide bonds. The van der Waals surface area contributed by atoms with Gasteiger partial charge < -0.3 is 0 Å². The summed E-state index contributed by atoms with van der Waals surface area (Å²) in [6, 6.07) is 13.4. The molecule has 1 aromatic heterocycles. The summed E-state index contributed by atoms with van der Waals surface area (Å²) < 4.78 is 11.3. The second-order valence-corrected chi connectivity index (χ2v) is 4.58. The van der Waals surface area contributed by atoms with Crippen LogP contribution in [0.3, 0.4) is 0 Å². The smallest absolute Gasteiger partial charge is 0.0702 e. The predicted molar refractivity (Wildman–Crippen MR) is 62.0 cm³/mol. The van der Waals surface area contributed by atoms with Gasteiger partial charge in [-0.05, 0) is 24.3 Å². The summed E-state index contributed by atoms with van der Waals surface area (Å²) in [5.74, 6) is 0. The molecule has 0 aliphatic heterocycles. The van der Waals surface area contributed by atoms with Crippen LogP contribution in [0, 0.1) is 0 Å². The molecule has 3 heteroatoms. The van der Waals surface area contributed by atoms with Gasteiger partial charge in [-0.25, -0.2) is 0 Å². The van der Waals surface area contributed by atoms with Crippen LogP contribution < -0.4 is 0 Å². The number of pyridine rings is 1. The molecule has 2 nitrogen and oxygen atoms in total. The van der Waals surface area contributed by atoms with Crippen molar-refractivity contribution in [3.63, 3.8) is 0 Å². The van der Waals surface area contributed by atoms with Crippen LogP contribution in [0.25, 0.3) is 11.3 Å². The predicted octanol–water partition coefficient (Wildman–Crippen LogP) is 2.49. The maximum Gasteiger partial charge on any atom is 0.0702 e. The van der Waals surface area contributed by atoms with Crippen molar-refractivity contribution in [2.24, 2.45) is 0 Å². The lowest BCUT2D eigenvalue weighted by Crippen LogP contribution is -1.88. The summed E-state index contributed by atoms with van der Waals surface area (Å²) in [4.78, 5) is 5.08. The normalized spacial score (nSPS) is 12.3. The first kappa shape index (κ1) is 10.1. The molecule has 2 aromatic rings. The average Bonchev–Trinajstić information content (AvgIpc) is 2.30. The first-order valence-electron chi connectivity index (χ1n) is 4.62. The van der Waals surface area contributed by atoms with E-state index in [1.54, 1.807) is 12.5 Å². The Morgan fingerprint density at radius 2 is 2.00 bits per heavy atom. The van der Waals surface area contributed by atoms with Crippen molar-refractivity contribution in [2.45, 2.75) is 4.90 Å². The van der Waals surface area contributed by atoms with Gasteiger partial charge >= 0.3 is 0 Å². The van der Waals surface area contributed by atoms with E-state index in [1.807, 2.05) is 42.5 Å². The fourth-order valence-corrected chi connectivity index (χ4v) is 1.93. The summed E-state index contributed by atoms with van der Waals surface area (Å²) >= 11 is 0. The van der Waals surface area contributed by atoms with Crippen molar-refractivity contribution in [1.29, 1.82) is 0 Å². The third kappa shape index (κ3) is 2.30. The summed E-state index contributed by atoms with van der Waals surface area (Å²) in [7, 11) is -0.941. The Kier molecular flexibility index (Phi) is 2.92. The summed E-state index contributed by atoms with van der Waals surface area (Å²) in [5.41, 5.74) is 1.91. The van der Waals surface area contributed by atoms with Crippen molar-refractivity contribution in [2.75, 3.05) is 6.26 Å². The molecule has 0 saturated heterocycles. The van der Waals surface area contributed by atoms with Crippen LogP contribution in [-0.2, 0) is 10.8 Å². The molecule has 0 aliphatic rings. The van der Waals surface area contributed by atoms with Crippen LogP contribution in [0.4, 0.5) is 0 Å². The first-order chi connectivity index (χ1) is 7.27. The average molecular weight is 217 g/mol. The Balaban J connectivity index is 2.46. The van der Waals surface area contributed by atoms with Gasteiger partial charge in [0.1, 0.15) is 0 Å². The number of aromatic nitrogens is 1. The number of benzene rings is 1. The van der Waals surface area contributed by atoms with E-state index in [1.165, 1.54) is 0 Å². The highest BCUT2D eigenvalue weighted by Crippen LogP contribution is 2.18. The van der Waals surface area contributed by atoms with E-state index in [0.717, 1.165) is 16.2 Å². The molecule has 1 unspecified atom stereocenters. The maximum atomic E-state index is 11.3. The lowest BCUT2D eigenvalue weighted by Gasteiger charge is -2.02. The second kappa shape index (κ2) is 4.36. The Morgan fingerprint density at radius 1 is 1.13 bits per heavy atom. The summed E-state index contributed by atoms with van der Waals surface area (Å²) in [6.07, 6.45) is 3.43. The van der Waals surface area contributed by atoms with E-state index in [9.17, 15) is 4.21 Å². The first-order valence-corrected chi connectivity index (χ1v) is 6.18. The third-order valence-corrected chi connectivity index (χ3v) is 3.04. The van der Waals surface area contributed by atoms with Gasteiger partial charge in [0.25, 0.3) is 0 Å². The largest absolute Gasteiger partial charge is 0.256 e. The molecular formula is C12H11NOS. The molecule has 1 heterocycles. The molecular weight excluding hydrogens is 206 g/mol. The summed E-state index contributed by atoms with van der Waals surface area (Å²) in [6.45, 7) is 0. The highest BCUT2D eigenvalue weighted by atomic mass is 32.2. The van der Waals surface area contributed by atoms with Gasteiger partial charge in [0.15, 0.2) is 0 Å². The van der Waals surface area contributed by atoms with E-state index in [-0.39, 0.29) is 0 Å².